The summed E-state index contributed by atoms with van der Waals surface area (Å²) in [6, 6.07) is 5.89. The van der Waals surface area contributed by atoms with Crippen molar-refractivity contribution in [2.24, 2.45) is 0 Å². The molecular formula is C14H20N4O2. The highest BCUT2D eigenvalue weighted by atomic mass is 16.3. The lowest BCUT2D eigenvalue weighted by Crippen LogP contribution is -2.24. The number of fused-ring (bicyclic) bond motifs is 1. The maximum Gasteiger partial charge on any atom is 0.152 e. The molecule has 0 amide bonds. The Kier molecular flexibility index (Phi) is 3.60. The Balaban J connectivity index is 2.00. The first kappa shape index (κ1) is 13.4. The van der Waals surface area contributed by atoms with Crippen molar-refractivity contribution in [3.05, 3.63) is 30.1 Å². The third kappa shape index (κ3) is 2.26. The number of pyridine rings is 1. The summed E-state index contributed by atoms with van der Waals surface area (Å²) in [5, 5.41) is 22.8. The lowest BCUT2D eigenvalue weighted by atomic mass is 10.3. The molecule has 0 spiro atoms. The molecule has 0 radical (unpaired) electrons. The molecule has 0 aromatic carbocycles. The van der Waals surface area contributed by atoms with E-state index in [1.165, 1.54) is 0 Å². The van der Waals surface area contributed by atoms with Crippen molar-refractivity contribution in [2.45, 2.75) is 25.7 Å². The first-order valence-corrected chi connectivity index (χ1v) is 6.98. The van der Waals surface area contributed by atoms with Gasteiger partial charge in [0.15, 0.2) is 5.82 Å². The summed E-state index contributed by atoms with van der Waals surface area (Å²) in [7, 11) is 0. The number of hydrogen-bond acceptors (Lipinski definition) is 5. The van der Waals surface area contributed by atoms with Crippen LogP contribution in [-0.2, 0) is 6.54 Å². The summed E-state index contributed by atoms with van der Waals surface area (Å²) >= 11 is 0. The third-order valence-electron chi connectivity index (χ3n) is 3.71. The zero-order chi connectivity index (χ0) is 14.1. The van der Waals surface area contributed by atoms with Crippen molar-refractivity contribution in [1.82, 2.24) is 14.7 Å². The molecule has 2 unspecified atom stereocenters. The summed E-state index contributed by atoms with van der Waals surface area (Å²) < 4.78 is 2.05. The number of anilines is 1. The van der Waals surface area contributed by atoms with Gasteiger partial charge in [-0.05, 0) is 18.7 Å². The van der Waals surface area contributed by atoms with Crippen LogP contribution in [0.1, 0.15) is 12.6 Å². The molecule has 2 aromatic rings. The number of nitrogens with one attached hydrogen (secondary N) is 1. The number of aliphatic hydroxyl groups is 2. The monoisotopic (exact) mass is 276 g/mol. The molecule has 1 aliphatic rings. The number of imidazole rings is 1. The fourth-order valence-electron chi connectivity index (χ4n) is 2.64. The van der Waals surface area contributed by atoms with Crippen LogP contribution in [0, 0.1) is 0 Å². The Morgan fingerprint density at radius 2 is 2.05 bits per heavy atom. The van der Waals surface area contributed by atoms with E-state index in [9.17, 15) is 10.2 Å². The van der Waals surface area contributed by atoms with Crippen molar-refractivity contribution in [2.75, 3.05) is 24.5 Å². The molecule has 0 aliphatic carbocycles. The highest BCUT2D eigenvalue weighted by Crippen LogP contribution is 2.25. The summed E-state index contributed by atoms with van der Waals surface area (Å²) in [4.78, 5) is 6.60. The largest absolute Gasteiger partial charge is 0.389 e. The van der Waals surface area contributed by atoms with Crippen LogP contribution in [0.25, 0.3) is 5.65 Å². The van der Waals surface area contributed by atoms with Crippen molar-refractivity contribution < 1.29 is 10.2 Å². The van der Waals surface area contributed by atoms with Crippen LogP contribution in [0.15, 0.2) is 24.4 Å². The van der Waals surface area contributed by atoms with E-state index >= 15 is 0 Å². The number of β-amino-alcohol motifs (C(OH)–C–C–N with tert-alkyl or cyclic N) is 2. The van der Waals surface area contributed by atoms with Gasteiger partial charge in [0, 0.05) is 25.8 Å². The summed E-state index contributed by atoms with van der Waals surface area (Å²) in [6.45, 7) is 4.49. The molecule has 20 heavy (non-hydrogen) atoms. The van der Waals surface area contributed by atoms with Crippen LogP contribution >= 0.6 is 0 Å². The molecule has 2 atom stereocenters. The van der Waals surface area contributed by atoms with Gasteiger partial charge < -0.3 is 24.8 Å². The van der Waals surface area contributed by atoms with Gasteiger partial charge in [-0.15, -0.1) is 0 Å². The van der Waals surface area contributed by atoms with Gasteiger partial charge in [0.2, 0.25) is 0 Å². The Bertz CT molecular complexity index is 588. The van der Waals surface area contributed by atoms with Gasteiger partial charge in [0.1, 0.15) is 5.65 Å². The second-order valence-electron chi connectivity index (χ2n) is 5.13. The molecule has 6 heteroatoms. The van der Waals surface area contributed by atoms with Crippen LogP contribution in [-0.4, -0.2) is 51.4 Å². The first-order chi connectivity index (χ1) is 9.70. The van der Waals surface area contributed by atoms with Gasteiger partial charge in [-0.25, -0.2) is 4.98 Å². The van der Waals surface area contributed by atoms with E-state index < -0.39 is 12.2 Å². The van der Waals surface area contributed by atoms with Crippen molar-refractivity contribution in [3.8, 4) is 0 Å². The third-order valence-corrected chi connectivity index (χ3v) is 3.71. The van der Waals surface area contributed by atoms with Crippen LogP contribution in [0.3, 0.4) is 0 Å². The lowest BCUT2D eigenvalue weighted by Gasteiger charge is -2.16. The van der Waals surface area contributed by atoms with Gasteiger partial charge in [-0.1, -0.05) is 13.0 Å². The molecule has 0 bridgehead atoms. The minimum atomic E-state index is -0.702. The molecule has 0 saturated carbocycles. The van der Waals surface area contributed by atoms with Gasteiger partial charge in [0.05, 0.1) is 17.9 Å². The van der Waals surface area contributed by atoms with Crippen molar-refractivity contribution in [1.29, 1.82) is 0 Å². The Hall–Kier alpha value is -1.63. The molecule has 1 fully saturated rings. The zero-order valence-electron chi connectivity index (χ0n) is 11.5. The second kappa shape index (κ2) is 5.40. The topological polar surface area (TPSA) is 73.0 Å². The normalized spacial score (nSPS) is 22.9. The molecule has 3 rings (SSSR count). The maximum absolute atomic E-state index is 9.73. The number of hydrogen-bond donors (Lipinski definition) is 3. The zero-order valence-corrected chi connectivity index (χ0v) is 11.5. The molecule has 2 aromatic heterocycles. The Morgan fingerprint density at radius 1 is 1.30 bits per heavy atom. The number of aromatic nitrogens is 2. The van der Waals surface area contributed by atoms with Gasteiger partial charge in [0.25, 0.3) is 0 Å². The minimum Gasteiger partial charge on any atom is -0.389 e. The molecular weight excluding hydrogens is 256 g/mol. The molecule has 6 nitrogen and oxygen atoms in total. The molecule has 3 heterocycles. The fourth-order valence-corrected chi connectivity index (χ4v) is 2.64. The standard InChI is InChI=1S/C14H20N4O2/c1-2-15-7-10-14(17-8-11(19)12(20)9-17)16-13-5-3-4-6-18(10)13/h3-6,11-12,15,19-20H,2,7-9H2,1H3. The van der Waals surface area contributed by atoms with E-state index in [0.29, 0.717) is 19.6 Å². The van der Waals surface area contributed by atoms with Crippen LogP contribution < -0.4 is 10.2 Å². The quantitative estimate of drug-likeness (QED) is 0.732. The SMILES string of the molecule is CCNCc1c(N2CC(O)C(O)C2)nc2ccccn12. The molecule has 1 saturated heterocycles. The van der Waals surface area contributed by atoms with Gasteiger partial charge in [-0.3, -0.25) is 0 Å². The van der Waals surface area contributed by atoms with Crippen LogP contribution in [0.4, 0.5) is 5.82 Å². The van der Waals surface area contributed by atoms with Crippen molar-refractivity contribution >= 4 is 11.5 Å². The predicted octanol–water partition coefficient (Wildman–Crippen LogP) is -0.0144. The summed E-state index contributed by atoms with van der Waals surface area (Å²) in [6.07, 6.45) is 0.583. The van der Waals surface area contributed by atoms with E-state index in [2.05, 4.69) is 21.6 Å². The van der Waals surface area contributed by atoms with Gasteiger partial charge in [-0.2, -0.15) is 0 Å². The molecule has 1 aliphatic heterocycles. The Labute approximate surface area is 117 Å². The highest BCUT2D eigenvalue weighted by molar-refractivity contribution is 5.56. The average molecular weight is 276 g/mol. The maximum atomic E-state index is 9.73. The minimum absolute atomic E-state index is 0.421. The highest BCUT2D eigenvalue weighted by Gasteiger charge is 2.32. The van der Waals surface area contributed by atoms with E-state index in [0.717, 1.165) is 23.7 Å². The smallest absolute Gasteiger partial charge is 0.152 e. The summed E-state index contributed by atoms with van der Waals surface area (Å²) in [5.41, 5.74) is 1.94. The molecule has 3 N–H and O–H groups in total. The number of aliphatic hydroxyl groups excluding tert-OH is 2. The van der Waals surface area contributed by atoms with E-state index in [1.807, 2.05) is 29.3 Å². The number of rotatable bonds is 4. The van der Waals surface area contributed by atoms with E-state index in [-0.39, 0.29) is 0 Å². The van der Waals surface area contributed by atoms with Crippen LogP contribution in [0.5, 0.6) is 0 Å². The van der Waals surface area contributed by atoms with Gasteiger partial charge >= 0.3 is 0 Å². The number of nitrogens with zero attached hydrogens (tertiary/aromatic N) is 3. The summed E-state index contributed by atoms with van der Waals surface area (Å²) in [5.74, 6) is 0.841. The first-order valence-electron chi connectivity index (χ1n) is 6.98. The molecule has 108 valence electrons. The van der Waals surface area contributed by atoms with Crippen molar-refractivity contribution in [3.63, 3.8) is 0 Å². The van der Waals surface area contributed by atoms with E-state index in [1.54, 1.807) is 0 Å². The van der Waals surface area contributed by atoms with E-state index in [4.69, 9.17) is 0 Å². The Morgan fingerprint density at radius 3 is 2.75 bits per heavy atom. The lowest BCUT2D eigenvalue weighted by molar-refractivity contribution is 0.0572. The second-order valence-corrected chi connectivity index (χ2v) is 5.13. The van der Waals surface area contributed by atoms with Crippen LogP contribution in [0.2, 0.25) is 0 Å². The fraction of sp³-hybridized carbons (Fsp3) is 0.500. The average Bonchev–Trinajstić information content (AvgIpc) is 2.98. The predicted molar refractivity (Wildman–Crippen MR) is 76.8 cm³/mol.